The number of carbonyl (C=O) groups is 1. The number of hydrogen-bond acceptors (Lipinski definition) is 3. The molecule has 0 atom stereocenters. The van der Waals surface area contributed by atoms with Gasteiger partial charge in [-0.1, -0.05) is 23.7 Å². The van der Waals surface area contributed by atoms with Crippen LogP contribution >= 0.6 is 11.6 Å². The van der Waals surface area contributed by atoms with Crippen LogP contribution in [0.25, 0.3) is 0 Å². The van der Waals surface area contributed by atoms with E-state index in [0.29, 0.717) is 13.1 Å². The summed E-state index contributed by atoms with van der Waals surface area (Å²) in [6, 6.07) is 4.82. The molecule has 0 saturated carbocycles. The van der Waals surface area contributed by atoms with Gasteiger partial charge in [0.1, 0.15) is 5.75 Å². The number of carboxylic acid groups (broad SMARTS) is 1. The second kappa shape index (κ2) is 6.27. The summed E-state index contributed by atoms with van der Waals surface area (Å²) >= 11 is 5.78. The van der Waals surface area contributed by atoms with Gasteiger partial charge in [-0.05, 0) is 17.7 Å². The van der Waals surface area contributed by atoms with Crippen LogP contribution < -0.4 is 0 Å². The van der Waals surface area contributed by atoms with E-state index in [1.807, 2.05) is 0 Å². The summed E-state index contributed by atoms with van der Waals surface area (Å²) in [6.45, 7) is 4.44. The van der Waals surface area contributed by atoms with E-state index in [1.165, 1.54) is 6.07 Å². The Morgan fingerprint density at radius 2 is 2.24 bits per heavy atom. The van der Waals surface area contributed by atoms with E-state index in [0.717, 1.165) is 5.56 Å². The van der Waals surface area contributed by atoms with E-state index < -0.39 is 5.97 Å². The number of hydrogen-bond donors (Lipinski definition) is 2. The molecule has 0 aliphatic rings. The summed E-state index contributed by atoms with van der Waals surface area (Å²) in [5.41, 5.74) is 0.843. The van der Waals surface area contributed by atoms with Crippen molar-refractivity contribution in [3.63, 3.8) is 0 Å². The van der Waals surface area contributed by atoms with E-state index in [2.05, 4.69) is 6.58 Å². The number of benzene rings is 1. The van der Waals surface area contributed by atoms with Crippen molar-refractivity contribution in [2.75, 3.05) is 13.1 Å². The fourth-order valence-corrected chi connectivity index (χ4v) is 1.67. The van der Waals surface area contributed by atoms with Gasteiger partial charge in [-0.25, -0.2) is 0 Å². The van der Waals surface area contributed by atoms with Crippen molar-refractivity contribution < 1.29 is 15.0 Å². The third kappa shape index (κ3) is 4.46. The highest BCUT2D eigenvalue weighted by Crippen LogP contribution is 2.24. The zero-order valence-electron chi connectivity index (χ0n) is 9.27. The molecule has 0 spiro atoms. The Morgan fingerprint density at radius 1 is 1.53 bits per heavy atom. The number of nitrogens with zero attached hydrogens (tertiary/aromatic N) is 1. The fraction of sp³-hybridized carbons (Fsp3) is 0.250. The average Bonchev–Trinajstić information content (AvgIpc) is 2.23. The number of aliphatic carboxylic acids is 1. The highest BCUT2D eigenvalue weighted by atomic mass is 35.5. The van der Waals surface area contributed by atoms with Crippen LogP contribution in [0, 0.1) is 0 Å². The van der Waals surface area contributed by atoms with Crippen LogP contribution in [0.5, 0.6) is 5.75 Å². The normalized spacial score (nSPS) is 10.5. The quantitative estimate of drug-likeness (QED) is 0.765. The first-order valence-electron chi connectivity index (χ1n) is 5.05. The summed E-state index contributed by atoms with van der Waals surface area (Å²) in [7, 11) is 0. The summed E-state index contributed by atoms with van der Waals surface area (Å²) in [5, 5.41) is 18.3. The SMILES string of the molecule is C=CCN(CC(=O)O)Cc1ccc(O)c(Cl)c1. The van der Waals surface area contributed by atoms with Crippen LogP contribution in [-0.2, 0) is 11.3 Å². The van der Waals surface area contributed by atoms with Gasteiger partial charge in [-0.15, -0.1) is 6.58 Å². The number of rotatable bonds is 6. The van der Waals surface area contributed by atoms with Crippen LogP contribution in [0.1, 0.15) is 5.56 Å². The van der Waals surface area contributed by atoms with Gasteiger partial charge in [0.25, 0.3) is 0 Å². The molecule has 4 nitrogen and oxygen atoms in total. The molecular formula is C12H14ClNO3. The first kappa shape index (κ1) is 13.5. The van der Waals surface area contributed by atoms with Crippen LogP contribution in [0.2, 0.25) is 5.02 Å². The molecule has 0 heterocycles. The molecule has 0 saturated heterocycles. The first-order chi connectivity index (χ1) is 8.02. The Hall–Kier alpha value is -1.52. The molecule has 0 amide bonds. The number of halogens is 1. The van der Waals surface area contributed by atoms with Crippen molar-refractivity contribution >= 4 is 17.6 Å². The Balaban J connectivity index is 2.74. The molecule has 1 rings (SSSR count). The molecule has 0 bridgehead atoms. The lowest BCUT2D eigenvalue weighted by Crippen LogP contribution is -2.29. The van der Waals surface area contributed by atoms with E-state index in [1.54, 1.807) is 23.1 Å². The lowest BCUT2D eigenvalue weighted by Gasteiger charge is -2.18. The minimum absolute atomic E-state index is 0.0175. The number of phenolic OH excluding ortho intramolecular Hbond substituents is 1. The minimum Gasteiger partial charge on any atom is -0.506 e. The standard InChI is InChI=1S/C12H14ClNO3/c1-2-5-14(8-12(16)17)7-9-3-4-11(15)10(13)6-9/h2-4,6,15H,1,5,7-8H2,(H,16,17). The molecule has 2 N–H and O–H groups in total. The largest absolute Gasteiger partial charge is 0.506 e. The van der Waals surface area contributed by atoms with Gasteiger partial charge >= 0.3 is 5.97 Å². The van der Waals surface area contributed by atoms with Crippen molar-refractivity contribution in [2.24, 2.45) is 0 Å². The number of phenols is 1. The van der Waals surface area contributed by atoms with Gasteiger partial charge in [0, 0.05) is 13.1 Å². The van der Waals surface area contributed by atoms with E-state index in [4.69, 9.17) is 16.7 Å². The molecule has 0 aliphatic carbocycles. The van der Waals surface area contributed by atoms with Crippen molar-refractivity contribution in [2.45, 2.75) is 6.54 Å². The molecule has 0 aliphatic heterocycles. The van der Waals surface area contributed by atoms with Gasteiger partial charge in [0.05, 0.1) is 11.6 Å². The maximum Gasteiger partial charge on any atom is 0.317 e. The van der Waals surface area contributed by atoms with Gasteiger partial charge in [-0.3, -0.25) is 9.69 Å². The van der Waals surface area contributed by atoms with E-state index >= 15 is 0 Å². The second-order valence-electron chi connectivity index (χ2n) is 3.64. The predicted molar refractivity (Wildman–Crippen MR) is 66.2 cm³/mol. The summed E-state index contributed by atoms with van der Waals surface area (Å²) in [6.07, 6.45) is 1.64. The lowest BCUT2D eigenvalue weighted by atomic mass is 10.2. The Labute approximate surface area is 105 Å². The van der Waals surface area contributed by atoms with Crippen molar-refractivity contribution in [3.05, 3.63) is 41.4 Å². The predicted octanol–water partition coefficient (Wildman–Crippen LogP) is 2.12. The van der Waals surface area contributed by atoms with Gasteiger partial charge in [-0.2, -0.15) is 0 Å². The van der Waals surface area contributed by atoms with Crippen LogP contribution in [0.4, 0.5) is 0 Å². The van der Waals surface area contributed by atoms with Crippen molar-refractivity contribution in [1.82, 2.24) is 4.90 Å². The highest BCUT2D eigenvalue weighted by molar-refractivity contribution is 6.32. The summed E-state index contributed by atoms with van der Waals surface area (Å²) < 4.78 is 0. The average molecular weight is 256 g/mol. The number of aromatic hydroxyl groups is 1. The molecule has 1 aromatic carbocycles. The molecule has 17 heavy (non-hydrogen) atoms. The van der Waals surface area contributed by atoms with E-state index in [-0.39, 0.29) is 17.3 Å². The maximum atomic E-state index is 10.7. The molecule has 0 unspecified atom stereocenters. The monoisotopic (exact) mass is 255 g/mol. The maximum absolute atomic E-state index is 10.7. The molecule has 92 valence electrons. The number of carboxylic acids is 1. The molecule has 0 fully saturated rings. The first-order valence-corrected chi connectivity index (χ1v) is 5.43. The second-order valence-corrected chi connectivity index (χ2v) is 4.05. The lowest BCUT2D eigenvalue weighted by molar-refractivity contribution is -0.138. The highest BCUT2D eigenvalue weighted by Gasteiger charge is 2.09. The summed E-state index contributed by atoms with van der Waals surface area (Å²) in [5.74, 6) is -0.874. The molecule has 1 aromatic rings. The van der Waals surface area contributed by atoms with Crippen molar-refractivity contribution in [1.29, 1.82) is 0 Å². The fourth-order valence-electron chi connectivity index (χ4n) is 1.47. The Morgan fingerprint density at radius 3 is 2.76 bits per heavy atom. The Bertz CT molecular complexity index is 420. The van der Waals surface area contributed by atoms with Crippen LogP contribution in [-0.4, -0.2) is 34.2 Å². The minimum atomic E-state index is -0.892. The molecular weight excluding hydrogens is 242 g/mol. The molecule has 5 heteroatoms. The van der Waals surface area contributed by atoms with Gasteiger partial charge in [0.15, 0.2) is 0 Å². The van der Waals surface area contributed by atoms with Crippen LogP contribution in [0.3, 0.4) is 0 Å². The van der Waals surface area contributed by atoms with Crippen LogP contribution in [0.15, 0.2) is 30.9 Å². The topological polar surface area (TPSA) is 60.8 Å². The smallest absolute Gasteiger partial charge is 0.317 e. The van der Waals surface area contributed by atoms with Crippen molar-refractivity contribution in [3.8, 4) is 5.75 Å². The summed E-state index contributed by atoms with van der Waals surface area (Å²) in [4.78, 5) is 12.4. The van der Waals surface area contributed by atoms with Gasteiger partial charge in [0.2, 0.25) is 0 Å². The van der Waals surface area contributed by atoms with E-state index in [9.17, 15) is 9.90 Å². The zero-order chi connectivity index (χ0) is 12.8. The Kier molecular flexibility index (Phi) is 5.00. The third-order valence-electron chi connectivity index (χ3n) is 2.16. The molecule has 0 aromatic heterocycles. The zero-order valence-corrected chi connectivity index (χ0v) is 10.0. The third-order valence-corrected chi connectivity index (χ3v) is 2.47. The molecule has 0 radical (unpaired) electrons. The van der Waals surface area contributed by atoms with Gasteiger partial charge < -0.3 is 10.2 Å².